The number of carboxylic acid groups (broad SMARTS) is 1. The SMILES string of the molecule is O=C(O)c1coc(C(=O)Nc2c(F)cc(F)cc2F)c1. The lowest BCUT2D eigenvalue weighted by Crippen LogP contribution is -2.14. The van der Waals surface area contributed by atoms with E-state index in [9.17, 15) is 22.8 Å². The number of aromatic carboxylic acids is 1. The highest BCUT2D eigenvalue weighted by Gasteiger charge is 2.19. The van der Waals surface area contributed by atoms with Gasteiger partial charge < -0.3 is 14.8 Å². The zero-order valence-corrected chi connectivity index (χ0v) is 9.62. The van der Waals surface area contributed by atoms with Crippen LogP contribution in [0.3, 0.4) is 0 Å². The summed E-state index contributed by atoms with van der Waals surface area (Å²) in [5.74, 6) is -6.59. The molecular weight excluding hydrogens is 279 g/mol. The molecule has 0 aliphatic carbocycles. The van der Waals surface area contributed by atoms with Gasteiger partial charge in [0.05, 0.1) is 5.56 Å². The maximum absolute atomic E-state index is 13.3. The zero-order valence-electron chi connectivity index (χ0n) is 9.62. The smallest absolute Gasteiger partial charge is 0.338 e. The molecule has 8 heteroatoms. The number of carboxylic acids is 1. The van der Waals surface area contributed by atoms with Crippen molar-refractivity contribution in [1.82, 2.24) is 0 Å². The van der Waals surface area contributed by atoms with Gasteiger partial charge in [0.15, 0.2) is 17.4 Å². The van der Waals surface area contributed by atoms with Crippen molar-refractivity contribution in [3.8, 4) is 0 Å². The van der Waals surface area contributed by atoms with Gasteiger partial charge in [-0.25, -0.2) is 18.0 Å². The Labute approximate surface area is 109 Å². The molecule has 0 bridgehead atoms. The van der Waals surface area contributed by atoms with Crippen LogP contribution in [0, 0.1) is 17.5 Å². The number of furan rings is 1. The molecule has 0 fully saturated rings. The van der Waals surface area contributed by atoms with Crippen LogP contribution >= 0.6 is 0 Å². The van der Waals surface area contributed by atoms with Crippen molar-refractivity contribution >= 4 is 17.6 Å². The molecule has 0 aliphatic rings. The molecule has 0 atom stereocenters. The van der Waals surface area contributed by atoms with E-state index in [0.717, 1.165) is 12.3 Å². The molecular formula is C12H6F3NO4. The molecule has 20 heavy (non-hydrogen) atoms. The maximum Gasteiger partial charge on any atom is 0.338 e. The first-order valence-corrected chi connectivity index (χ1v) is 5.16. The van der Waals surface area contributed by atoms with Crippen molar-refractivity contribution in [2.24, 2.45) is 0 Å². The van der Waals surface area contributed by atoms with Gasteiger partial charge in [0, 0.05) is 18.2 Å². The number of halogens is 3. The van der Waals surface area contributed by atoms with Gasteiger partial charge in [-0.1, -0.05) is 0 Å². The normalized spacial score (nSPS) is 10.3. The number of carbonyl (C=O) groups excluding carboxylic acids is 1. The number of hydrogen-bond donors (Lipinski definition) is 2. The number of carbonyl (C=O) groups is 2. The zero-order chi connectivity index (χ0) is 14.9. The monoisotopic (exact) mass is 285 g/mol. The molecule has 1 aromatic carbocycles. The van der Waals surface area contributed by atoms with Gasteiger partial charge in [0.2, 0.25) is 0 Å². The van der Waals surface area contributed by atoms with E-state index in [1.54, 1.807) is 0 Å². The van der Waals surface area contributed by atoms with Crippen LogP contribution in [0.5, 0.6) is 0 Å². The summed E-state index contributed by atoms with van der Waals surface area (Å²) in [5.41, 5.74) is -1.15. The number of rotatable bonds is 3. The lowest BCUT2D eigenvalue weighted by molar-refractivity contribution is 0.0696. The Morgan fingerprint density at radius 1 is 1.10 bits per heavy atom. The Morgan fingerprint density at radius 2 is 1.70 bits per heavy atom. The molecule has 0 radical (unpaired) electrons. The van der Waals surface area contributed by atoms with Gasteiger partial charge in [0.25, 0.3) is 5.91 Å². The van der Waals surface area contributed by atoms with Crippen LogP contribution < -0.4 is 5.32 Å². The molecule has 2 aromatic rings. The lowest BCUT2D eigenvalue weighted by Gasteiger charge is -2.06. The van der Waals surface area contributed by atoms with Gasteiger partial charge in [-0.15, -0.1) is 0 Å². The molecule has 104 valence electrons. The Morgan fingerprint density at radius 3 is 2.20 bits per heavy atom. The van der Waals surface area contributed by atoms with E-state index in [1.807, 2.05) is 5.32 Å². The van der Waals surface area contributed by atoms with E-state index in [4.69, 9.17) is 5.11 Å². The first-order chi connectivity index (χ1) is 9.38. The molecule has 1 heterocycles. The average molecular weight is 285 g/mol. The summed E-state index contributed by atoms with van der Waals surface area (Å²) in [7, 11) is 0. The van der Waals surface area contributed by atoms with Crippen LogP contribution in [0.2, 0.25) is 0 Å². The van der Waals surface area contributed by atoms with Crippen molar-refractivity contribution in [2.45, 2.75) is 0 Å². The van der Waals surface area contributed by atoms with Crippen LogP contribution in [0.25, 0.3) is 0 Å². The second kappa shape index (κ2) is 5.08. The van der Waals surface area contributed by atoms with E-state index in [2.05, 4.69) is 4.42 Å². The second-order valence-corrected chi connectivity index (χ2v) is 3.70. The van der Waals surface area contributed by atoms with Crippen molar-refractivity contribution in [3.05, 3.63) is 53.2 Å². The van der Waals surface area contributed by atoms with Crippen molar-refractivity contribution in [1.29, 1.82) is 0 Å². The van der Waals surface area contributed by atoms with E-state index in [-0.39, 0.29) is 5.56 Å². The summed E-state index contributed by atoms with van der Waals surface area (Å²) < 4.78 is 43.9. The predicted octanol–water partition coefficient (Wildman–Crippen LogP) is 2.65. The minimum atomic E-state index is -1.33. The number of anilines is 1. The average Bonchev–Trinajstić information content (AvgIpc) is 2.83. The fourth-order valence-corrected chi connectivity index (χ4v) is 1.40. The highest BCUT2D eigenvalue weighted by Crippen LogP contribution is 2.21. The number of amides is 1. The van der Waals surface area contributed by atoms with Crippen LogP contribution in [0.1, 0.15) is 20.9 Å². The number of benzene rings is 1. The molecule has 0 saturated heterocycles. The molecule has 1 aromatic heterocycles. The summed E-state index contributed by atoms with van der Waals surface area (Å²) in [4.78, 5) is 22.2. The third-order valence-electron chi connectivity index (χ3n) is 2.32. The highest BCUT2D eigenvalue weighted by atomic mass is 19.1. The van der Waals surface area contributed by atoms with Crippen LogP contribution in [-0.2, 0) is 0 Å². The van der Waals surface area contributed by atoms with Crippen molar-refractivity contribution in [2.75, 3.05) is 5.32 Å². The standard InChI is InChI=1S/C12H6F3NO4/c13-6-2-7(14)10(8(15)3-6)16-11(17)9-1-5(4-20-9)12(18)19/h1-4H,(H,16,17)(H,18,19). The summed E-state index contributed by atoms with van der Waals surface area (Å²) >= 11 is 0. The summed E-state index contributed by atoms with van der Waals surface area (Å²) in [6.07, 6.45) is 0.800. The van der Waals surface area contributed by atoms with E-state index < -0.39 is 40.8 Å². The fraction of sp³-hybridized carbons (Fsp3) is 0. The van der Waals surface area contributed by atoms with Gasteiger partial charge in [-0.2, -0.15) is 0 Å². The topological polar surface area (TPSA) is 79.5 Å². The Balaban J connectivity index is 2.25. The molecule has 2 rings (SSSR count). The Bertz CT molecular complexity index is 673. The minimum absolute atomic E-state index is 0.296. The third kappa shape index (κ3) is 2.63. The lowest BCUT2D eigenvalue weighted by atomic mass is 10.2. The fourth-order valence-electron chi connectivity index (χ4n) is 1.40. The molecule has 0 aliphatic heterocycles. The van der Waals surface area contributed by atoms with Crippen LogP contribution in [0.15, 0.2) is 28.9 Å². The van der Waals surface area contributed by atoms with Crippen molar-refractivity contribution < 1.29 is 32.3 Å². The van der Waals surface area contributed by atoms with Crippen molar-refractivity contribution in [3.63, 3.8) is 0 Å². The number of hydrogen-bond acceptors (Lipinski definition) is 3. The van der Waals surface area contributed by atoms with Crippen LogP contribution in [0.4, 0.5) is 18.9 Å². The van der Waals surface area contributed by atoms with Gasteiger partial charge >= 0.3 is 5.97 Å². The Kier molecular flexibility index (Phi) is 3.47. The number of nitrogens with one attached hydrogen (secondary N) is 1. The highest BCUT2D eigenvalue weighted by molar-refractivity contribution is 6.03. The van der Waals surface area contributed by atoms with Gasteiger partial charge in [-0.3, -0.25) is 4.79 Å². The maximum atomic E-state index is 13.3. The first kappa shape index (κ1) is 13.7. The molecule has 0 unspecified atom stereocenters. The van der Waals surface area contributed by atoms with Gasteiger partial charge in [0.1, 0.15) is 17.8 Å². The minimum Gasteiger partial charge on any atom is -0.478 e. The molecule has 5 nitrogen and oxygen atoms in total. The first-order valence-electron chi connectivity index (χ1n) is 5.16. The molecule has 0 saturated carbocycles. The Hall–Kier alpha value is -2.77. The van der Waals surface area contributed by atoms with E-state index in [0.29, 0.717) is 12.1 Å². The second-order valence-electron chi connectivity index (χ2n) is 3.70. The molecule has 0 spiro atoms. The summed E-state index contributed by atoms with van der Waals surface area (Å²) in [6.45, 7) is 0. The van der Waals surface area contributed by atoms with Crippen LogP contribution in [-0.4, -0.2) is 17.0 Å². The van der Waals surface area contributed by atoms with E-state index >= 15 is 0 Å². The summed E-state index contributed by atoms with van der Waals surface area (Å²) in [5, 5.41) is 10.5. The van der Waals surface area contributed by atoms with E-state index in [1.165, 1.54) is 0 Å². The quantitative estimate of drug-likeness (QED) is 0.908. The van der Waals surface area contributed by atoms with Gasteiger partial charge in [-0.05, 0) is 0 Å². The molecule has 2 N–H and O–H groups in total. The third-order valence-corrected chi connectivity index (χ3v) is 2.32. The largest absolute Gasteiger partial charge is 0.478 e. The summed E-state index contributed by atoms with van der Waals surface area (Å²) in [6, 6.07) is 1.67. The molecule has 1 amide bonds. The predicted molar refractivity (Wildman–Crippen MR) is 59.9 cm³/mol.